The number of nitrogens with one attached hydrogen (secondary N) is 1. The Balaban J connectivity index is 1.57. The van der Waals surface area contributed by atoms with Crippen LogP contribution in [-0.2, 0) is 11.3 Å². The maximum Gasteiger partial charge on any atom is 0.220 e. The molecule has 2 fully saturated rings. The molecular weight excluding hydrogens is 302 g/mol. The van der Waals surface area contributed by atoms with Gasteiger partial charge in [0.25, 0.3) is 0 Å². The molecule has 6 heteroatoms. The minimum Gasteiger partial charge on any atom is -0.383 e. The number of anilines is 1. The van der Waals surface area contributed by atoms with E-state index < -0.39 is 0 Å². The van der Waals surface area contributed by atoms with Gasteiger partial charge in [0.15, 0.2) is 0 Å². The monoisotopic (exact) mass is 325 g/mol. The third-order valence-corrected chi connectivity index (χ3v) is 5.24. The summed E-state index contributed by atoms with van der Waals surface area (Å²) in [5, 5.41) is 3.87. The average molecular weight is 325 g/mol. The molecule has 0 radical (unpaired) electrons. The first kappa shape index (κ1) is 15.3. The first-order valence-electron chi connectivity index (χ1n) is 8.72. The molecule has 3 N–H and O–H groups in total. The quantitative estimate of drug-likeness (QED) is 0.897. The summed E-state index contributed by atoms with van der Waals surface area (Å²) in [5.41, 5.74) is 7.01. The zero-order valence-corrected chi connectivity index (χ0v) is 13.7. The van der Waals surface area contributed by atoms with E-state index >= 15 is 0 Å². The number of amides is 1. The van der Waals surface area contributed by atoms with Crippen LogP contribution < -0.4 is 11.1 Å². The molecule has 0 bridgehead atoms. The third kappa shape index (κ3) is 2.94. The second-order valence-electron chi connectivity index (χ2n) is 6.84. The Kier molecular flexibility index (Phi) is 4.06. The lowest BCUT2D eigenvalue weighted by molar-refractivity contribution is -0.119. The van der Waals surface area contributed by atoms with Crippen LogP contribution in [0.5, 0.6) is 0 Å². The summed E-state index contributed by atoms with van der Waals surface area (Å²) >= 11 is 0. The first-order valence-corrected chi connectivity index (χ1v) is 8.72. The molecule has 2 aliphatic heterocycles. The standard InChI is InChI=1S/C18H23N5O/c19-18-13-5-1-2-6-14(13)21-16(22-18)11-23-8-4-3-7-15(23)12-9-17(24)20-10-12/h1-2,5-6,12,15H,3-4,7-11H2,(H,20,24)(H2,19,21,22)/t12-,15-/m1/s1. The molecule has 0 unspecified atom stereocenters. The molecule has 0 aliphatic carbocycles. The number of likely N-dealkylation sites (tertiary alicyclic amines) is 1. The van der Waals surface area contributed by atoms with E-state index in [1.807, 2.05) is 24.3 Å². The summed E-state index contributed by atoms with van der Waals surface area (Å²) in [6, 6.07) is 8.27. The molecular formula is C18H23N5O. The molecule has 1 aromatic heterocycles. The third-order valence-electron chi connectivity index (χ3n) is 5.24. The van der Waals surface area contributed by atoms with Crippen LogP contribution in [0.25, 0.3) is 10.9 Å². The number of nitrogens with zero attached hydrogens (tertiary/aromatic N) is 3. The molecule has 2 aromatic rings. The van der Waals surface area contributed by atoms with Crippen LogP contribution in [0.3, 0.4) is 0 Å². The van der Waals surface area contributed by atoms with Gasteiger partial charge in [-0.15, -0.1) is 0 Å². The summed E-state index contributed by atoms with van der Waals surface area (Å²) in [4.78, 5) is 23.2. The molecule has 1 amide bonds. The highest BCUT2D eigenvalue weighted by atomic mass is 16.1. The van der Waals surface area contributed by atoms with Crippen molar-refractivity contribution in [3.63, 3.8) is 0 Å². The van der Waals surface area contributed by atoms with Crippen LogP contribution in [0.2, 0.25) is 0 Å². The first-order chi connectivity index (χ1) is 11.7. The van der Waals surface area contributed by atoms with Crippen LogP contribution in [-0.4, -0.2) is 39.9 Å². The minimum atomic E-state index is 0.178. The Bertz CT molecular complexity index is 762. The SMILES string of the molecule is Nc1nc(CN2CCCC[C@@H]2[C@H]2CNC(=O)C2)nc2ccccc12. The number of hydrogen-bond acceptors (Lipinski definition) is 5. The van der Waals surface area contributed by atoms with Crippen LogP contribution >= 0.6 is 0 Å². The van der Waals surface area contributed by atoms with Gasteiger partial charge in [-0.05, 0) is 31.5 Å². The second-order valence-corrected chi connectivity index (χ2v) is 6.84. The van der Waals surface area contributed by atoms with Crippen LogP contribution in [0.1, 0.15) is 31.5 Å². The van der Waals surface area contributed by atoms with Gasteiger partial charge >= 0.3 is 0 Å². The molecule has 2 saturated heterocycles. The highest BCUT2D eigenvalue weighted by Gasteiger charge is 2.34. The van der Waals surface area contributed by atoms with Gasteiger partial charge in [0.05, 0.1) is 12.1 Å². The predicted octanol–water partition coefficient (Wildman–Crippen LogP) is 1.70. The smallest absolute Gasteiger partial charge is 0.220 e. The maximum atomic E-state index is 11.6. The summed E-state index contributed by atoms with van der Waals surface area (Å²) in [6.07, 6.45) is 4.20. The number of fused-ring (bicyclic) bond motifs is 1. The molecule has 4 rings (SSSR count). The van der Waals surface area contributed by atoms with Crippen molar-refractivity contribution in [3.8, 4) is 0 Å². The molecule has 2 atom stereocenters. The largest absolute Gasteiger partial charge is 0.383 e. The van der Waals surface area contributed by atoms with E-state index in [0.717, 1.165) is 36.2 Å². The fourth-order valence-electron chi connectivity index (χ4n) is 4.05. The van der Waals surface area contributed by atoms with Crippen molar-refractivity contribution >= 4 is 22.6 Å². The van der Waals surface area contributed by atoms with Gasteiger partial charge in [-0.3, -0.25) is 9.69 Å². The molecule has 6 nitrogen and oxygen atoms in total. The molecule has 0 saturated carbocycles. The van der Waals surface area contributed by atoms with Crippen molar-refractivity contribution < 1.29 is 4.79 Å². The lowest BCUT2D eigenvalue weighted by Gasteiger charge is -2.38. The Labute approximate surface area is 141 Å². The van der Waals surface area contributed by atoms with Crippen molar-refractivity contribution in [1.82, 2.24) is 20.2 Å². The minimum absolute atomic E-state index is 0.178. The number of carbonyl (C=O) groups is 1. The molecule has 1 aromatic carbocycles. The van der Waals surface area contributed by atoms with Crippen molar-refractivity contribution in [1.29, 1.82) is 0 Å². The van der Waals surface area contributed by atoms with E-state index in [2.05, 4.69) is 15.2 Å². The Hall–Kier alpha value is -2.21. The normalized spacial score (nSPS) is 25.1. The number of aromatic nitrogens is 2. The van der Waals surface area contributed by atoms with Gasteiger partial charge < -0.3 is 11.1 Å². The maximum absolute atomic E-state index is 11.6. The van der Waals surface area contributed by atoms with Crippen molar-refractivity contribution in [2.24, 2.45) is 5.92 Å². The van der Waals surface area contributed by atoms with E-state index in [9.17, 15) is 4.79 Å². The van der Waals surface area contributed by atoms with Crippen LogP contribution in [0.15, 0.2) is 24.3 Å². The molecule has 0 spiro atoms. The number of para-hydroxylation sites is 1. The van der Waals surface area contributed by atoms with Gasteiger partial charge in [-0.25, -0.2) is 9.97 Å². The number of carbonyl (C=O) groups excluding carboxylic acids is 1. The Morgan fingerprint density at radius 3 is 2.96 bits per heavy atom. The Morgan fingerprint density at radius 1 is 1.25 bits per heavy atom. The summed E-state index contributed by atoms with van der Waals surface area (Å²) in [7, 11) is 0. The number of benzene rings is 1. The Morgan fingerprint density at radius 2 is 2.12 bits per heavy atom. The highest BCUT2D eigenvalue weighted by molar-refractivity contribution is 5.87. The van der Waals surface area contributed by atoms with Crippen molar-refractivity contribution in [2.75, 3.05) is 18.8 Å². The van der Waals surface area contributed by atoms with Gasteiger partial charge in [0.1, 0.15) is 11.6 Å². The second kappa shape index (κ2) is 6.36. The summed E-state index contributed by atoms with van der Waals surface area (Å²) in [6.45, 7) is 2.52. The van der Waals surface area contributed by atoms with Crippen LogP contribution in [0, 0.1) is 5.92 Å². The average Bonchev–Trinajstić information content (AvgIpc) is 3.02. The fourth-order valence-corrected chi connectivity index (χ4v) is 4.05. The van der Waals surface area contributed by atoms with Gasteiger partial charge in [0.2, 0.25) is 5.91 Å². The zero-order chi connectivity index (χ0) is 16.5. The van der Waals surface area contributed by atoms with Crippen LogP contribution in [0.4, 0.5) is 5.82 Å². The number of nitrogens with two attached hydrogens (primary N) is 1. The van der Waals surface area contributed by atoms with E-state index in [0.29, 0.717) is 30.7 Å². The van der Waals surface area contributed by atoms with Gasteiger partial charge in [-0.2, -0.15) is 0 Å². The number of nitrogen functional groups attached to an aromatic ring is 1. The van der Waals surface area contributed by atoms with Crippen molar-refractivity contribution in [3.05, 3.63) is 30.1 Å². The van der Waals surface area contributed by atoms with E-state index in [1.165, 1.54) is 12.8 Å². The van der Waals surface area contributed by atoms with E-state index in [1.54, 1.807) is 0 Å². The number of piperidine rings is 1. The lowest BCUT2D eigenvalue weighted by Crippen LogP contribution is -2.44. The van der Waals surface area contributed by atoms with Crippen molar-refractivity contribution in [2.45, 2.75) is 38.3 Å². The zero-order valence-electron chi connectivity index (χ0n) is 13.7. The molecule has 24 heavy (non-hydrogen) atoms. The van der Waals surface area contributed by atoms with E-state index in [-0.39, 0.29) is 5.91 Å². The summed E-state index contributed by atoms with van der Waals surface area (Å²) < 4.78 is 0. The molecule has 2 aliphatic rings. The predicted molar refractivity (Wildman–Crippen MR) is 93.1 cm³/mol. The number of rotatable bonds is 3. The summed E-state index contributed by atoms with van der Waals surface area (Å²) in [5.74, 6) is 1.89. The van der Waals surface area contributed by atoms with Gasteiger partial charge in [-0.1, -0.05) is 18.6 Å². The lowest BCUT2D eigenvalue weighted by atomic mass is 9.89. The van der Waals surface area contributed by atoms with Gasteiger partial charge in [0, 0.05) is 30.3 Å². The topological polar surface area (TPSA) is 84.1 Å². The van der Waals surface area contributed by atoms with E-state index in [4.69, 9.17) is 10.7 Å². The molecule has 126 valence electrons. The molecule has 3 heterocycles. The fraction of sp³-hybridized carbons (Fsp3) is 0.500. The number of hydrogen-bond donors (Lipinski definition) is 2. The highest BCUT2D eigenvalue weighted by Crippen LogP contribution is 2.29.